The molecule has 1 atom stereocenters. The Labute approximate surface area is 178 Å². The van der Waals surface area contributed by atoms with Crippen LogP contribution >= 0.6 is 0 Å². The molecule has 0 N–H and O–H groups in total. The fourth-order valence-electron chi connectivity index (χ4n) is 4.02. The van der Waals surface area contributed by atoms with Crippen molar-refractivity contribution in [1.82, 2.24) is 14.8 Å². The first-order valence-electron chi connectivity index (χ1n) is 10.1. The van der Waals surface area contributed by atoms with Crippen molar-refractivity contribution in [3.05, 3.63) is 59.9 Å². The van der Waals surface area contributed by atoms with E-state index in [-0.39, 0.29) is 42.8 Å². The van der Waals surface area contributed by atoms with Crippen molar-refractivity contribution >= 4 is 23.4 Å². The summed E-state index contributed by atoms with van der Waals surface area (Å²) in [5, 5.41) is 0. The van der Waals surface area contributed by atoms with Gasteiger partial charge in [0.15, 0.2) is 0 Å². The van der Waals surface area contributed by atoms with E-state index in [4.69, 9.17) is 0 Å². The van der Waals surface area contributed by atoms with Gasteiger partial charge in [-0.1, -0.05) is 6.07 Å². The molecule has 2 fully saturated rings. The van der Waals surface area contributed by atoms with Crippen LogP contribution in [0, 0.1) is 17.6 Å². The minimum atomic E-state index is -0.774. The standard InChI is InChI=1S/C22H22F2N4O3/c23-16-10-17(24)12-19(11-16)28-14-15(9-21(28)30)22(31)27-7-5-26(6-8-27)20(29)13-18-3-1-2-4-25-18/h1-4,10-12,15H,5-9,13-14H2. The molecule has 1 aromatic carbocycles. The van der Waals surface area contributed by atoms with Crippen molar-refractivity contribution in [2.24, 2.45) is 5.92 Å². The normalized spacial score (nSPS) is 19.1. The SMILES string of the molecule is O=C(Cc1ccccn1)N1CCN(C(=O)C2CC(=O)N(c3cc(F)cc(F)c3)C2)CC1. The van der Waals surface area contributed by atoms with Crippen LogP contribution in [0.4, 0.5) is 14.5 Å². The lowest BCUT2D eigenvalue weighted by atomic mass is 10.1. The van der Waals surface area contributed by atoms with Gasteiger partial charge in [-0.2, -0.15) is 0 Å². The van der Waals surface area contributed by atoms with Crippen LogP contribution in [0.1, 0.15) is 12.1 Å². The summed E-state index contributed by atoms with van der Waals surface area (Å²) in [6, 6.07) is 8.32. The molecule has 9 heteroatoms. The summed E-state index contributed by atoms with van der Waals surface area (Å²) in [7, 11) is 0. The Morgan fingerprint density at radius 1 is 1.00 bits per heavy atom. The first kappa shape index (κ1) is 20.9. The molecule has 0 bridgehead atoms. The van der Waals surface area contributed by atoms with Crippen LogP contribution in [0.25, 0.3) is 0 Å². The summed E-state index contributed by atoms with van der Waals surface area (Å²) in [6.45, 7) is 1.67. The maximum Gasteiger partial charge on any atom is 0.228 e. The molecule has 0 aliphatic carbocycles. The minimum absolute atomic E-state index is 0.00418. The Hall–Kier alpha value is -3.36. The third-order valence-corrected chi connectivity index (χ3v) is 5.64. The van der Waals surface area contributed by atoms with E-state index in [0.717, 1.165) is 18.2 Å². The molecule has 4 rings (SSSR count). The first-order chi connectivity index (χ1) is 14.9. The number of carbonyl (C=O) groups is 3. The smallest absolute Gasteiger partial charge is 0.228 e. The number of pyridine rings is 1. The van der Waals surface area contributed by atoms with Gasteiger partial charge in [-0.15, -0.1) is 0 Å². The van der Waals surface area contributed by atoms with Gasteiger partial charge in [0.05, 0.1) is 12.3 Å². The number of aromatic nitrogens is 1. The zero-order valence-corrected chi connectivity index (χ0v) is 16.8. The monoisotopic (exact) mass is 428 g/mol. The highest BCUT2D eigenvalue weighted by molar-refractivity contribution is 6.00. The Kier molecular flexibility index (Phi) is 5.92. The average molecular weight is 428 g/mol. The molecule has 2 saturated heterocycles. The van der Waals surface area contributed by atoms with Gasteiger partial charge in [-0.25, -0.2) is 8.78 Å². The van der Waals surface area contributed by atoms with Gasteiger partial charge in [0.25, 0.3) is 0 Å². The molecule has 31 heavy (non-hydrogen) atoms. The van der Waals surface area contributed by atoms with Gasteiger partial charge in [-0.05, 0) is 24.3 Å². The van der Waals surface area contributed by atoms with Gasteiger partial charge >= 0.3 is 0 Å². The summed E-state index contributed by atoms with van der Waals surface area (Å²) in [5.74, 6) is -2.68. The molecular formula is C22H22F2N4O3. The number of piperazine rings is 1. The third-order valence-electron chi connectivity index (χ3n) is 5.64. The van der Waals surface area contributed by atoms with E-state index < -0.39 is 17.6 Å². The first-order valence-corrected chi connectivity index (χ1v) is 10.1. The highest BCUT2D eigenvalue weighted by atomic mass is 19.1. The van der Waals surface area contributed by atoms with Crippen LogP contribution in [-0.4, -0.2) is 65.2 Å². The minimum Gasteiger partial charge on any atom is -0.339 e. The predicted molar refractivity (Wildman–Crippen MR) is 108 cm³/mol. The van der Waals surface area contributed by atoms with Gasteiger partial charge in [0.1, 0.15) is 11.6 Å². The molecule has 162 valence electrons. The summed E-state index contributed by atoms with van der Waals surface area (Å²) in [6.07, 6.45) is 1.85. The van der Waals surface area contributed by atoms with E-state index in [2.05, 4.69) is 4.98 Å². The van der Waals surface area contributed by atoms with Crippen molar-refractivity contribution in [2.45, 2.75) is 12.8 Å². The molecular weight excluding hydrogens is 406 g/mol. The predicted octanol–water partition coefficient (Wildman–Crippen LogP) is 1.63. The second-order valence-electron chi connectivity index (χ2n) is 7.74. The van der Waals surface area contributed by atoms with Crippen molar-refractivity contribution in [3.63, 3.8) is 0 Å². The van der Waals surface area contributed by atoms with E-state index in [1.54, 1.807) is 28.1 Å². The molecule has 3 amide bonds. The van der Waals surface area contributed by atoms with E-state index in [1.807, 2.05) is 6.07 Å². The van der Waals surface area contributed by atoms with Gasteiger partial charge in [0.2, 0.25) is 17.7 Å². The largest absolute Gasteiger partial charge is 0.339 e. The number of anilines is 1. The maximum absolute atomic E-state index is 13.5. The second-order valence-corrected chi connectivity index (χ2v) is 7.74. The molecule has 0 radical (unpaired) electrons. The summed E-state index contributed by atoms with van der Waals surface area (Å²) >= 11 is 0. The molecule has 2 aliphatic heterocycles. The van der Waals surface area contributed by atoms with Crippen molar-refractivity contribution in [3.8, 4) is 0 Å². The highest BCUT2D eigenvalue weighted by Gasteiger charge is 2.38. The molecule has 0 spiro atoms. The zero-order chi connectivity index (χ0) is 22.0. The molecule has 2 aliphatic rings. The fraction of sp³-hybridized carbons (Fsp3) is 0.364. The van der Waals surface area contributed by atoms with E-state index >= 15 is 0 Å². The molecule has 7 nitrogen and oxygen atoms in total. The topological polar surface area (TPSA) is 73.8 Å². The molecule has 1 aromatic heterocycles. The third kappa shape index (κ3) is 4.70. The Morgan fingerprint density at radius 3 is 2.32 bits per heavy atom. The lowest BCUT2D eigenvalue weighted by molar-refractivity contribution is -0.141. The number of benzene rings is 1. The molecule has 1 unspecified atom stereocenters. The number of rotatable bonds is 4. The van der Waals surface area contributed by atoms with Crippen LogP contribution in [-0.2, 0) is 20.8 Å². The lowest BCUT2D eigenvalue weighted by Crippen LogP contribution is -2.52. The summed E-state index contributed by atoms with van der Waals surface area (Å²) in [5.41, 5.74) is 0.812. The van der Waals surface area contributed by atoms with Crippen molar-refractivity contribution in [2.75, 3.05) is 37.6 Å². The van der Waals surface area contributed by atoms with Crippen molar-refractivity contribution in [1.29, 1.82) is 0 Å². The van der Waals surface area contributed by atoms with Gasteiger partial charge in [0, 0.05) is 62.8 Å². The Balaban J connectivity index is 1.32. The fourth-order valence-corrected chi connectivity index (χ4v) is 4.02. The van der Waals surface area contributed by atoms with Crippen LogP contribution in [0.5, 0.6) is 0 Å². The number of amides is 3. The number of hydrogen-bond donors (Lipinski definition) is 0. The number of halogens is 2. The number of nitrogens with zero attached hydrogens (tertiary/aromatic N) is 4. The summed E-state index contributed by atoms with van der Waals surface area (Å²) < 4.78 is 27.0. The zero-order valence-electron chi connectivity index (χ0n) is 16.8. The van der Waals surface area contributed by atoms with E-state index in [1.165, 1.54) is 4.90 Å². The summed E-state index contributed by atoms with van der Waals surface area (Å²) in [4.78, 5) is 46.5. The number of carbonyl (C=O) groups excluding carboxylic acids is 3. The van der Waals surface area contributed by atoms with E-state index in [9.17, 15) is 23.2 Å². The van der Waals surface area contributed by atoms with Crippen LogP contribution < -0.4 is 4.90 Å². The molecule has 0 saturated carbocycles. The molecule has 3 heterocycles. The van der Waals surface area contributed by atoms with Crippen LogP contribution in [0.15, 0.2) is 42.6 Å². The molecule has 2 aromatic rings. The highest BCUT2D eigenvalue weighted by Crippen LogP contribution is 2.28. The number of hydrogen-bond acceptors (Lipinski definition) is 4. The van der Waals surface area contributed by atoms with Crippen LogP contribution in [0.2, 0.25) is 0 Å². The Bertz CT molecular complexity index is 973. The lowest BCUT2D eigenvalue weighted by Gasteiger charge is -2.36. The van der Waals surface area contributed by atoms with Gasteiger partial charge in [-0.3, -0.25) is 19.4 Å². The van der Waals surface area contributed by atoms with Gasteiger partial charge < -0.3 is 14.7 Å². The Morgan fingerprint density at radius 2 is 1.68 bits per heavy atom. The quantitative estimate of drug-likeness (QED) is 0.742. The van der Waals surface area contributed by atoms with Crippen LogP contribution in [0.3, 0.4) is 0 Å². The second kappa shape index (κ2) is 8.79. The maximum atomic E-state index is 13.5. The van der Waals surface area contributed by atoms with E-state index in [0.29, 0.717) is 31.9 Å². The average Bonchev–Trinajstić information content (AvgIpc) is 3.15. The van der Waals surface area contributed by atoms with Crippen molar-refractivity contribution < 1.29 is 23.2 Å².